The Bertz CT molecular complexity index is 560. The van der Waals surface area contributed by atoms with E-state index in [0.29, 0.717) is 22.1 Å². The monoisotopic (exact) mass is 296 g/mol. The maximum absolute atomic E-state index is 5.85. The van der Waals surface area contributed by atoms with Gasteiger partial charge in [-0.3, -0.25) is 5.43 Å². The van der Waals surface area contributed by atoms with E-state index in [2.05, 4.69) is 20.4 Å². The number of halogens is 1. The van der Waals surface area contributed by atoms with Crippen molar-refractivity contribution < 1.29 is 0 Å². The Labute approximate surface area is 120 Å². The quantitative estimate of drug-likeness (QED) is 0.660. The summed E-state index contributed by atoms with van der Waals surface area (Å²) in [5.74, 6) is 6.22. The van der Waals surface area contributed by atoms with Crippen molar-refractivity contribution >= 4 is 35.3 Å². The lowest BCUT2D eigenvalue weighted by atomic mass is 10.4. The van der Waals surface area contributed by atoms with E-state index in [1.165, 1.54) is 11.8 Å². The molecule has 2 rings (SSSR count). The van der Waals surface area contributed by atoms with Crippen molar-refractivity contribution in [2.75, 3.05) is 24.4 Å². The van der Waals surface area contributed by atoms with Crippen LogP contribution in [0.2, 0.25) is 5.02 Å². The van der Waals surface area contributed by atoms with Gasteiger partial charge >= 0.3 is 0 Å². The smallest absolute Gasteiger partial charge is 0.242 e. The van der Waals surface area contributed by atoms with Gasteiger partial charge in [-0.2, -0.15) is 15.0 Å². The first-order valence-corrected chi connectivity index (χ1v) is 6.61. The number of nitrogen functional groups attached to an aromatic ring is 1. The minimum absolute atomic E-state index is 0.329. The summed E-state index contributed by atoms with van der Waals surface area (Å²) in [5, 5.41) is 1.26. The molecule has 0 amide bonds. The first kappa shape index (κ1) is 13.9. The number of nitrogens with zero attached hydrogens (tertiary/aromatic N) is 4. The summed E-state index contributed by atoms with van der Waals surface area (Å²) in [6.45, 7) is 0. The van der Waals surface area contributed by atoms with Gasteiger partial charge < -0.3 is 4.90 Å². The van der Waals surface area contributed by atoms with Crippen LogP contribution in [0.5, 0.6) is 0 Å². The topological polar surface area (TPSA) is 80.0 Å². The maximum Gasteiger partial charge on any atom is 0.242 e. The molecule has 6 nitrogen and oxygen atoms in total. The highest BCUT2D eigenvalue weighted by molar-refractivity contribution is 7.99. The first-order valence-electron chi connectivity index (χ1n) is 5.42. The maximum atomic E-state index is 5.85. The van der Waals surface area contributed by atoms with Crippen molar-refractivity contribution in [3.63, 3.8) is 0 Å². The van der Waals surface area contributed by atoms with E-state index >= 15 is 0 Å². The molecule has 8 heteroatoms. The lowest BCUT2D eigenvalue weighted by molar-refractivity contribution is 0.865. The van der Waals surface area contributed by atoms with Crippen LogP contribution < -0.4 is 16.2 Å². The van der Waals surface area contributed by atoms with Crippen molar-refractivity contribution in [1.82, 2.24) is 15.0 Å². The molecule has 0 unspecified atom stereocenters. The van der Waals surface area contributed by atoms with Crippen LogP contribution in [-0.4, -0.2) is 29.0 Å². The number of aromatic nitrogens is 3. The Balaban J connectivity index is 2.28. The molecule has 0 aliphatic carbocycles. The fraction of sp³-hybridized carbons (Fsp3) is 0.182. The predicted molar refractivity (Wildman–Crippen MR) is 77.5 cm³/mol. The highest BCUT2D eigenvalue weighted by Crippen LogP contribution is 2.27. The fourth-order valence-corrected chi connectivity index (χ4v) is 2.13. The molecular formula is C11H13ClN6S. The zero-order valence-electron chi connectivity index (χ0n) is 10.5. The van der Waals surface area contributed by atoms with Crippen molar-refractivity contribution in [3.05, 3.63) is 29.3 Å². The standard InChI is InChI=1S/C11H13ClN6S/c1-18(2)10-14-9(17-13)15-11(16-10)19-8-5-3-7(12)4-6-8/h3-6H,13H2,1-2H3,(H,14,15,16,17). The third kappa shape index (κ3) is 3.69. The van der Waals surface area contributed by atoms with Gasteiger partial charge in [-0.15, -0.1) is 0 Å². The second-order valence-corrected chi connectivity index (χ2v) is 5.31. The molecule has 0 spiro atoms. The van der Waals surface area contributed by atoms with E-state index in [4.69, 9.17) is 17.4 Å². The second kappa shape index (κ2) is 6.05. The summed E-state index contributed by atoms with van der Waals surface area (Å²) in [6, 6.07) is 7.45. The van der Waals surface area contributed by atoms with Crippen LogP contribution in [-0.2, 0) is 0 Å². The zero-order valence-corrected chi connectivity index (χ0v) is 12.0. The van der Waals surface area contributed by atoms with E-state index in [9.17, 15) is 0 Å². The summed E-state index contributed by atoms with van der Waals surface area (Å²) >= 11 is 7.26. The van der Waals surface area contributed by atoms with Gasteiger partial charge in [0.2, 0.25) is 11.9 Å². The van der Waals surface area contributed by atoms with Crippen molar-refractivity contribution in [1.29, 1.82) is 0 Å². The molecule has 0 saturated carbocycles. The van der Waals surface area contributed by atoms with Crippen LogP contribution in [0.4, 0.5) is 11.9 Å². The lowest BCUT2D eigenvalue weighted by Crippen LogP contribution is -2.17. The number of nitrogens with one attached hydrogen (secondary N) is 1. The molecule has 0 radical (unpaired) electrons. The third-order valence-electron chi connectivity index (χ3n) is 2.15. The molecule has 0 aliphatic rings. The number of hydrazine groups is 1. The molecule has 19 heavy (non-hydrogen) atoms. The lowest BCUT2D eigenvalue weighted by Gasteiger charge is -2.12. The minimum Gasteiger partial charge on any atom is -0.347 e. The molecule has 100 valence electrons. The van der Waals surface area contributed by atoms with E-state index in [0.717, 1.165) is 4.90 Å². The largest absolute Gasteiger partial charge is 0.347 e. The summed E-state index contributed by atoms with van der Waals surface area (Å²) in [4.78, 5) is 15.4. The number of benzene rings is 1. The van der Waals surface area contributed by atoms with Gasteiger partial charge in [0.15, 0.2) is 5.16 Å². The molecule has 0 aliphatic heterocycles. The minimum atomic E-state index is 0.329. The van der Waals surface area contributed by atoms with Gasteiger partial charge in [0.1, 0.15) is 0 Å². The Morgan fingerprint density at radius 2 is 1.84 bits per heavy atom. The van der Waals surface area contributed by atoms with Crippen molar-refractivity contribution in [2.24, 2.45) is 5.84 Å². The van der Waals surface area contributed by atoms with E-state index in [-0.39, 0.29) is 0 Å². The second-order valence-electron chi connectivity index (χ2n) is 3.84. The van der Waals surface area contributed by atoms with Crippen molar-refractivity contribution in [3.8, 4) is 0 Å². The molecule has 1 aromatic carbocycles. The normalized spacial score (nSPS) is 10.3. The van der Waals surface area contributed by atoms with Crippen LogP contribution in [0, 0.1) is 0 Å². The highest BCUT2D eigenvalue weighted by Gasteiger charge is 2.08. The van der Waals surface area contributed by atoms with Gasteiger partial charge in [0, 0.05) is 24.0 Å². The average Bonchev–Trinajstić information content (AvgIpc) is 2.41. The molecule has 0 bridgehead atoms. The Kier molecular flexibility index (Phi) is 4.41. The SMILES string of the molecule is CN(C)c1nc(NN)nc(Sc2ccc(Cl)cc2)n1. The number of hydrogen-bond acceptors (Lipinski definition) is 7. The van der Waals surface area contributed by atoms with Crippen LogP contribution in [0.25, 0.3) is 0 Å². The Hall–Kier alpha value is -1.57. The van der Waals surface area contributed by atoms with Gasteiger partial charge in [-0.1, -0.05) is 11.6 Å². The third-order valence-corrected chi connectivity index (χ3v) is 3.28. The first-order chi connectivity index (χ1) is 9.08. The van der Waals surface area contributed by atoms with Gasteiger partial charge in [0.05, 0.1) is 0 Å². The molecule has 0 atom stereocenters. The number of nitrogens with two attached hydrogens (primary N) is 1. The van der Waals surface area contributed by atoms with Gasteiger partial charge in [-0.05, 0) is 36.0 Å². The summed E-state index contributed by atoms with van der Waals surface area (Å²) < 4.78 is 0. The Morgan fingerprint density at radius 3 is 2.42 bits per heavy atom. The average molecular weight is 297 g/mol. The van der Waals surface area contributed by atoms with Crippen molar-refractivity contribution in [2.45, 2.75) is 10.1 Å². The van der Waals surface area contributed by atoms with Crippen LogP contribution in [0.1, 0.15) is 0 Å². The fourth-order valence-electron chi connectivity index (χ4n) is 1.26. The number of anilines is 2. The molecule has 2 aromatic rings. The predicted octanol–water partition coefficient (Wildman–Crippen LogP) is 2.03. The molecule has 1 aromatic heterocycles. The van der Waals surface area contributed by atoms with Gasteiger partial charge in [0.25, 0.3) is 0 Å². The van der Waals surface area contributed by atoms with Gasteiger partial charge in [-0.25, -0.2) is 5.84 Å². The van der Waals surface area contributed by atoms with E-state index in [1.807, 2.05) is 38.4 Å². The molecule has 3 N–H and O–H groups in total. The van der Waals surface area contributed by atoms with E-state index < -0.39 is 0 Å². The Morgan fingerprint density at radius 1 is 1.16 bits per heavy atom. The molecule has 0 saturated heterocycles. The summed E-state index contributed by atoms with van der Waals surface area (Å²) in [7, 11) is 3.71. The molecular weight excluding hydrogens is 284 g/mol. The zero-order chi connectivity index (χ0) is 13.8. The summed E-state index contributed by atoms with van der Waals surface area (Å²) in [6.07, 6.45) is 0. The van der Waals surface area contributed by atoms with E-state index in [1.54, 1.807) is 4.90 Å². The van der Waals surface area contributed by atoms with Crippen LogP contribution in [0.15, 0.2) is 34.3 Å². The summed E-state index contributed by atoms with van der Waals surface area (Å²) in [5.41, 5.74) is 2.43. The number of rotatable bonds is 4. The molecule has 1 heterocycles. The molecule has 0 fully saturated rings. The van der Waals surface area contributed by atoms with Crippen LogP contribution in [0.3, 0.4) is 0 Å². The highest BCUT2D eigenvalue weighted by atomic mass is 35.5. The van der Waals surface area contributed by atoms with Crippen LogP contribution >= 0.6 is 23.4 Å². The number of hydrogen-bond donors (Lipinski definition) is 2.